The van der Waals surface area contributed by atoms with Crippen molar-refractivity contribution in [2.24, 2.45) is 0 Å². The highest BCUT2D eigenvalue weighted by Gasteiger charge is 2.20. The molecular weight excluding hydrogens is 312 g/mol. The van der Waals surface area contributed by atoms with Crippen molar-refractivity contribution in [1.82, 2.24) is 9.80 Å². The Morgan fingerprint density at radius 2 is 1.96 bits per heavy atom. The summed E-state index contributed by atoms with van der Waals surface area (Å²) in [7, 11) is 0. The summed E-state index contributed by atoms with van der Waals surface area (Å²) in [4.78, 5) is 28.2. The first-order chi connectivity index (χ1) is 11.1. The zero-order valence-electron chi connectivity index (χ0n) is 13.1. The molecule has 1 aromatic carbocycles. The maximum Gasteiger partial charge on any atom is 0.238 e. The van der Waals surface area contributed by atoms with Gasteiger partial charge in [-0.1, -0.05) is 12.1 Å². The van der Waals surface area contributed by atoms with Crippen LogP contribution in [0.25, 0.3) is 0 Å². The van der Waals surface area contributed by atoms with Crippen molar-refractivity contribution in [2.75, 3.05) is 43.8 Å². The molecule has 1 aliphatic heterocycles. The van der Waals surface area contributed by atoms with Crippen molar-refractivity contribution in [3.63, 3.8) is 0 Å². The summed E-state index contributed by atoms with van der Waals surface area (Å²) in [6, 6.07) is 9.56. The van der Waals surface area contributed by atoms with Gasteiger partial charge in [0.15, 0.2) is 0 Å². The van der Waals surface area contributed by atoms with Crippen LogP contribution in [0.2, 0.25) is 0 Å². The van der Waals surface area contributed by atoms with E-state index in [9.17, 15) is 9.59 Å². The van der Waals surface area contributed by atoms with Crippen LogP contribution in [0.3, 0.4) is 0 Å². The number of thioether (sulfide) groups is 1. The van der Waals surface area contributed by atoms with E-state index >= 15 is 0 Å². The molecule has 0 aliphatic carbocycles. The Bertz CT molecular complexity index is 606. The fourth-order valence-electron chi connectivity index (χ4n) is 2.42. The molecule has 6 nitrogen and oxygen atoms in total. The highest BCUT2D eigenvalue weighted by atomic mass is 32.2. The van der Waals surface area contributed by atoms with Crippen LogP contribution < -0.4 is 5.32 Å². The topological polar surface area (TPSA) is 76.4 Å². The molecule has 1 heterocycles. The molecule has 2 amide bonds. The Morgan fingerprint density at radius 1 is 1.26 bits per heavy atom. The number of carbonyl (C=O) groups is 2. The first-order valence-corrected chi connectivity index (χ1v) is 8.45. The minimum atomic E-state index is -0.0775. The maximum atomic E-state index is 12.2. The second-order valence-corrected chi connectivity index (χ2v) is 6.29. The minimum Gasteiger partial charge on any atom is -0.340 e. The predicted octanol–water partition coefficient (Wildman–Crippen LogP) is 1.40. The van der Waals surface area contributed by atoms with Crippen molar-refractivity contribution in [3.05, 3.63) is 24.3 Å². The molecular formula is C16H20N4O2S. The van der Waals surface area contributed by atoms with E-state index in [0.29, 0.717) is 38.5 Å². The molecule has 7 heteroatoms. The molecule has 2 rings (SSSR count). The summed E-state index contributed by atoms with van der Waals surface area (Å²) >= 11 is 1.41. The van der Waals surface area contributed by atoms with Gasteiger partial charge in [-0.3, -0.25) is 14.5 Å². The number of hydrogen-bond acceptors (Lipinski definition) is 5. The van der Waals surface area contributed by atoms with Crippen molar-refractivity contribution in [3.8, 4) is 6.07 Å². The molecule has 1 aromatic rings. The van der Waals surface area contributed by atoms with Crippen LogP contribution in [0, 0.1) is 11.3 Å². The van der Waals surface area contributed by atoms with E-state index in [4.69, 9.17) is 5.26 Å². The maximum absolute atomic E-state index is 12.2. The zero-order chi connectivity index (χ0) is 16.7. The van der Waals surface area contributed by atoms with E-state index in [1.165, 1.54) is 11.8 Å². The van der Waals surface area contributed by atoms with Gasteiger partial charge in [-0.25, -0.2) is 0 Å². The number of para-hydroxylation sites is 1. The molecule has 122 valence electrons. The molecule has 0 spiro atoms. The Balaban J connectivity index is 1.86. The van der Waals surface area contributed by atoms with E-state index in [1.807, 2.05) is 29.2 Å². The Kier molecular flexibility index (Phi) is 6.44. The highest BCUT2D eigenvalue weighted by molar-refractivity contribution is 7.99. The van der Waals surface area contributed by atoms with Gasteiger partial charge in [0.25, 0.3) is 0 Å². The lowest BCUT2D eigenvalue weighted by Crippen LogP contribution is -2.49. The van der Waals surface area contributed by atoms with Crippen LogP contribution in [0.15, 0.2) is 29.2 Å². The van der Waals surface area contributed by atoms with Crippen molar-refractivity contribution in [2.45, 2.75) is 11.8 Å². The number of carbonyl (C=O) groups excluding carboxylic acids is 2. The van der Waals surface area contributed by atoms with Crippen molar-refractivity contribution in [1.29, 1.82) is 5.26 Å². The Morgan fingerprint density at radius 3 is 2.61 bits per heavy atom. The number of anilines is 1. The quantitative estimate of drug-likeness (QED) is 0.825. The second kappa shape index (κ2) is 8.56. The lowest BCUT2D eigenvalue weighted by atomic mass is 10.3. The van der Waals surface area contributed by atoms with E-state index in [1.54, 1.807) is 11.8 Å². The van der Waals surface area contributed by atoms with Gasteiger partial charge in [-0.2, -0.15) is 5.26 Å². The van der Waals surface area contributed by atoms with E-state index < -0.39 is 0 Å². The van der Waals surface area contributed by atoms with Gasteiger partial charge in [0, 0.05) is 38.0 Å². The summed E-state index contributed by atoms with van der Waals surface area (Å²) in [5.74, 6) is 0.351. The standard InChI is InChI=1S/C16H20N4O2S/c1-13(21)20-9-7-19(8-10-20)12-16(22)18-14-4-2-3-5-15(14)23-11-6-17/h2-5H,7-12H2,1H3,(H,18,22). The average Bonchev–Trinajstić information content (AvgIpc) is 2.54. The van der Waals surface area contributed by atoms with Gasteiger partial charge >= 0.3 is 0 Å². The molecule has 0 saturated carbocycles. The molecule has 0 unspecified atom stereocenters. The number of nitriles is 1. The average molecular weight is 332 g/mol. The van der Waals surface area contributed by atoms with Crippen molar-refractivity contribution < 1.29 is 9.59 Å². The van der Waals surface area contributed by atoms with Gasteiger partial charge in [0.2, 0.25) is 11.8 Å². The van der Waals surface area contributed by atoms with Crippen LogP contribution >= 0.6 is 11.8 Å². The molecule has 1 aliphatic rings. The smallest absolute Gasteiger partial charge is 0.238 e. The summed E-state index contributed by atoms with van der Waals surface area (Å²) < 4.78 is 0. The summed E-state index contributed by atoms with van der Waals surface area (Å²) in [5.41, 5.74) is 0.736. The van der Waals surface area contributed by atoms with Gasteiger partial charge in [-0.05, 0) is 12.1 Å². The third-order valence-corrected chi connectivity index (χ3v) is 4.58. The van der Waals surface area contributed by atoms with Crippen LogP contribution in [0.4, 0.5) is 5.69 Å². The number of rotatable bonds is 5. The monoisotopic (exact) mass is 332 g/mol. The molecule has 1 fully saturated rings. The summed E-state index contributed by atoms with van der Waals surface area (Å²) in [6.07, 6.45) is 0. The molecule has 1 saturated heterocycles. The number of nitrogens with zero attached hydrogens (tertiary/aromatic N) is 3. The normalized spacial score (nSPS) is 15.0. The van der Waals surface area contributed by atoms with Crippen LogP contribution in [-0.2, 0) is 9.59 Å². The number of hydrogen-bond donors (Lipinski definition) is 1. The van der Waals surface area contributed by atoms with Crippen LogP contribution in [0.1, 0.15) is 6.92 Å². The number of amides is 2. The van der Waals surface area contributed by atoms with E-state index in [2.05, 4.69) is 11.4 Å². The molecule has 0 atom stereocenters. The van der Waals surface area contributed by atoms with Gasteiger partial charge < -0.3 is 10.2 Å². The largest absolute Gasteiger partial charge is 0.340 e. The second-order valence-electron chi connectivity index (χ2n) is 5.27. The zero-order valence-corrected chi connectivity index (χ0v) is 13.9. The molecule has 0 radical (unpaired) electrons. The van der Waals surface area contributed by atoms with Gasteiger partial charge in [0.05, 0.1) is 24.1 Å². The fourth-order valence-corrected chi connectivity index (χ4v) is 3.09. The molecule has 0 bridgehead atoms. The third kappa shape index (κ3) is 5.27. The SMILES string of the molecule is CC(=O)N1CCN(CC(=O)Nc2ccccc2SCC#N)CC1. The number of piperazine rings is 1. The lowest BCUT2D eigenvalue weighted by Gasteiger charge is -2.33. The summed E-state index contributed by atoms with van der Waals surface area (Å²) in [5, 5.41) is 11.6. The van der Waals surface area contributed by atoms with E-state index in [-0.39, 0.29) is 11.8 Å². The summed E-state index contributed by atoms with van der Waals surface area (Å²) in [6.45, 7) is 4.62. The molecule has 0 aromatic heterocycles. The lowest BCUT2D eigenvalue weighted by molar-refractivity contribution is -0.130. The first kappa shape index (κ1) is 17.3. The first-order valence-electron chi connectivity index (χ1n) is 7.46. The number of benzene rings is 1. The number of nitrogens with one attached hydrogen (secondary N) is 1. The van der Waals surface area contributed by atoms with Gasteiger partial charge in [0.1, 0.15) is 0 Å². The fraction of sp³-hybridized carbons (Fsp3) is 0.438. The van der Waals surface area contributed by atoms with Crippen molar-refractivity contribution >= 4 is 29.3 Å². The highest BCUT2D eigenvalue weighted by Crippen LogP contribution is 2.26. The van der Waals surface area contributed by atoms with Gasteiger partial charge in [-0.15, -0.1) is 11.8 Å². The van der Waals surface area contributed by atoms with E-state index in [0.717, 1.165) is 10.6 Å². The minimum absolute atomic E-state index is 0.0775. The molecule has 23 heavy (non-hydrogen) atoms. The third-order valence-electron chi connectivity index (χ3n) is 3.64. The Labute approximate surface area is 140 Å². The predicted molar refractivity (Wildman–Crippen MR) is 90.1 cm³/mol. The van der Waals surface area contributed by atoms with Crippen LogP contribution in [0.5, 0.6) is 0 Å². The Hall–Kier alpha value is -2.04. The van der Waals surface area contributed by atoms with Crippen LogP contribution in [-0.4, -0.2) is 60.1 Å². The molecule has 1 N–H and O–H groups in total.